The zero-order chi connectivity index (χ0) is 11.2. The molecule has 2 rings (SSSR count). The van der Waals surface area contributed by atoms with Crippen molar-refractivity contribution >= 4 is 11.8 Å². The van der Waals surface area contributed by atoms with Crippen molar-refractivity contribution in [2.45, 2.75) is 25.3 Å². The summed E-state index contributed by atoms with van der Waals surface area (Å²) in [6.45, 7) is 0.997. The van der Waals surface area contributed by atoms with E-state index in [9.17, 15) is 4.39 Å². The minimum atomic E-state index is -0.152. The molecule has 0 spiro atoms. The minimum absolute atomic E-state index is 0.152. The SMILES string of the molecule is Fc1ccc(CCNC2CCCSC2)cc1. The Hall–Kier alpha value is -0.540. The van der Waals surface area contributed by atoms with Crippen molar-refractivity contribution in [3.63, 3.8) is 0 Å². The first-order valence-electron chi connectivity index (χ1n) is 5.90. The second-order valence-corrected chi connectivity index (χ2v) is 5.39. The lowest BCUT2D eigenvalue weighted by Gasteiger charge is -2.22. The Kier molecular flexibility index (Phi) is 4.67. The van der Waals surface area contributed by atoms with Crippen LogP contribution in [0.2, 0.25) is 0 Å². The van der Waals surface area contributed by atoms with Crippen molar-refractivity contribution in [3.8, 4) is 0 Å². The van der Waals surface area contributed by atoms with Crippen LogP contribution in [0.4, 0.5) is 4.39 Å². The molecule has 0 amide bonds. The Morgan fingerprint density at radius 2 is 2.12 bits per heavy atom. The van der Waals surface area contributed by atoms with E-state index in [0.29, 0.717) is 6.04 Å². The number of rotatable bonds is 4. The van der Waals surface area contributed by atoms with Gasteiger partial charge >= 0.3 is 0 Å². The van der Waals surface area contributed by atoms with E-state index >= 15 is 0 Å². The summed E-state index contributed by atoms with van der Waals surface area (Å²) >= 11 is 2.04. The highest BCUT2D eigenvalue weighted by atomic mass is 32.2. The van der Waals surface area contributed by atoms with Crippen LogP contribution in [0.25, 0.3) is 0 Å². The highest BCUT2D eigenvalue weighted by Crippen LogP contribution is 2.16. The van der Waals surface area contributed by atoms with Gasteiger partial charge in [0.1, 0.15) is 5.82 Å². The molecule has 1 nitrogen and oxygen atoms in total. The Morgan fingerprint density at radius 1 is 1.31 bits per heavy atom. The number of nitrogens with one attached hydrogen (secondary N) is 1. The minimum Gasteiger partial charge on any atom is -0.313 e. The van der Waals surface area contributed by atoms with Crippen LogP contribution >= 0.6 is 11.8 Å². The predicted octanol–water partition coefficient (Wildman–Crippen LogP) is 2.85. The summed E-state index contributed by atoms with van der Waals surface area (Å²) in [5.74, 6) is 2.40. The van der Waals surface area contributed by atoms with Gasteiger partial charge in [-0.3, -0.25) is 0 Å². The summed E-state index contributed by atoms with van der Waals surface area (Å²) in [4.78, 5) is 0. The normalized spacial score (nSPS) is 20.9. The third-order valence-electron chi connectivity index (χ3n) is 2.92. The van der Waals surface area contributed by atoms with Crippen LogP contribution in [-0.2, 0) is 6.42 Å². The highest BCUT2D eigenvalue weighted by molar-refractivity contribution is 7.99. The average molecular weight is 239 g/mol. The second kappa shape index (κ2) is 6.26. The van der Waals surface area contributed by atoms with E-state index in [2.05, 4.69) is 5.32 Å². The number of hydrogen-bond donors (Lipinski definition) is 1. The zero-order valence-corrected chi connectivity index (χ0v) is 10.2. The van der Waals surface area contributed by atoms with E-state index < -0.39 is 0 Å². The lowest BCUT2D eigenvalue weighted by molar-refractivity contribution is 0.511. The molecule has 3 heteroatoms. The maximum Gasteiger partial charge on any atom is 0.123 e. The monoisotopic (exact) mass is 239 g/mol. The van der Waals surface area contributed by atoms with Gasteiger partial charge in [-0.25, -0.2) is 4.39 Å². The fraction of sp³-hybridized carbons (Fsp3) is 0.538. The molecule has 1 aromatic rings. The molecule has 0 saturated carbocycles. The van der Waals surface area contributed by atoms with Crippen LogP contribution in [0.15, 0.2) is 24.3 Å². The van der Waals surface area contributed by atoms with Crippen molar-refractivity contribution in [2.24, 2.45) is 0 Å². The average Bonchev–Trinajstić information content (AvgIpc) is 2.33. The Balaban J connectivity index is 1.69. The molecule has 1 saturated heterocycles. The van der Waals surface area contributed by atoms with Crippen LogP contribution in [-0.4, -0.2) is 24.1 Å². The summed E-state index contributed by atoms with van der Waals surface area (Å²) < 4.78 is 12.7. The molecule has 0 aliphatic carbocycles. The Labute approximate surface area is 101 Å². The molecule has 1 aliphatic heterocycles. The molecule has 1 fully saturated rings. The molecule has 1 N–H and O–H groups in total. The standard InChI is InChI=1S/C13H18FNS/c14-12-5-3-11(4-6-12)7-8-15-13-2-1-9-16-10-13/h3-6,13,15H,1-2,7-10H2. The first kappa shape index (κ1) is 11.9. The molecule has 1 unspecified atom stereocenters. The van der Waals surface area contributed by atoms with Gasteiger partial charge < -0.3 is 5.32 Å². The molecule has 1 aliphatic rings. The number of hydrogen-bond acceptors (Lipinski definition) is 2. The van der Waals surface area contributed by atoms with E-state index in [1.165, 1.54) is 42.0 Å². The Morgan fingerprint density at radius 3 is 2.81 bits per heavy atom. The number of benzene rings is 1. The number of halogens is 1. The van der Waals surface area contributed by atoms with Crippen LogP contribution in [0.5, 0.6) is 0 Å². The largest absolute Gasteiger partial charge is 0.313 e. The van der Waals surface area contributed by atoms with Crippen LogP contribution in [0.1, 0.15) is 18.4 Å². The summed E-state index contributed by atoms with van der Waals surface area (Å²) in [6.07, 6.45) is 3.62. The van der Waals surface area contributed by atoms with Gasteiger partial charge in [0.25, 0.3) is 0 Å². The Bertz CT molecular complexity index is 306. The number of thioether (sulfide) groups is 1. The maximum absolute atomic E-state index is 12.7. The van der Waals surface area contributed by atoms with E-state index in [4.69, 9.17) is 0 Å². The molecule has 0 aromatic heterocycles. The van der Waals surface area contributed by atoms with Crippen LogP contribution in [0.3, 0.4) is 0 Å². The van der Waals surface area contributed by atoms with Crippen molar-refractivity contribution in [3.05, 3.63) is 35.6 Å². The van der Waals surface area contributed by atoms with Crippen molar-refractivity contribution in [2.75, 3.05) is 18.1 Å². The van der Waals surface area contributed by atoms with Crippen LogP contribution < -0.4 is 5.32 Å². The lowest BCUT2D eigenvalue weighted by atomic mass is 10.1. The van der Waals surface area contributed by atoms with Crippen molar-refractivity contribution in [1.29, 1.82) is 0 Å². The van der Waals surface area contributed by atoms with Gasteiger partial charge in [-0.1, -0.05) is 12.1 Å². The van der Waals surface area contributed by atoms with Crippen molar-refractivity contribution < 1.29 is 4.39 Å². The van der Waals surface area contributed by atoms with Gasteiger partial charge in [0.2, 0.25) is 0 Å². The molecule has 16 heavy (non-hydrogen) atoms. The summed E-state index contributed by atoms with van der Waals surface area (Å²) in [7, 11) is 0. The molecule has 1 aromatic carbocycles. The van der Waals surface area contributed by atoms with Gasteiger partial charge in [0.15, 0.2) is 0 Å². The first-order valence-corrected chi connectivity index (χ1v) is 7.05. The van der Waals surface area contributed by atoms with Crippen molar-refractivity contribution in [1.82, 2.24) is 5.32 Å². The summed E-state index contributed by atoms with van der Waals surface area (Å²) in [5, 5.41) is 3.57. The molecule has 0 bridgehead atoms. The molecule has 88 valence electrons. The zero-order valence-electron chi connectivity index (χ0n) is 9.42. The molecule has 0 radical (unpaired) electrons. The fourth-order valence-corrected chi connectivity index (χ4v) is 3.08. The van der Waals surface area contributed by atoms with Gasteiger partial charge in [0, 0.05) is 11.8 Å². The summed E-state index contributed by atoms with van der Waals surface area (Å²) in [6, 6.07) is 7.48. The highest BCUT2D eigenvalue weighted by Gasteiger charge is 2.12. The molecule has 1 atom stereocenters. The quantitative estimate of drug-likeness (QED) is 0.867. The lowest BCUT2D eigenvalue weighted by Crippen LogP contribution is -2.35. The molecular weight excluding hydrogens is 221 g/mol. The van der Waals surface area contributed by atoms with E-state index in [-0.39, 0.29) is 5.82 Å². The maximum atomic E-state index is 12.7. The van der Waals surface area contributed by atoms with E-state index in [1.807, 2.05) is 23.9 Å². The third-order valence-corrected chi connectivity index (χ3v) is 4.14. The third kappa shape index (κ3) is 3.80. The van der Waals surface area contributed by atoms with Gasteiger partial charge in [-0.15, -0.1) is 0 Å². The van der Waals surface area contributed by atoms with E-state index in [1.54, 1.807) is 0 Å². The predicted molar refractivity (Wildman–Crippen MR) is 68.5 cm³/mol. The fourth-order valence-electron chi connectivity index (χ4n) is 1.97. The topological polar surface area (TPSA) is 12.0 Å². The second-order valence-electron chi connectivity index (χ2n) is 4.24. The van der Waals surface area contributed by atoms with Gasteiger partial charge in [0.05, 0.1) is 0 Å². The first-order chi connectivity index (χ1) is 7.84. The summed E-state index contributed by atoms with van der Waals surface area (Å²) in [5.41, 5.74) is 1.21. The van der Waals surface area contributed by atoms with E-state index in [0.717, 1.165) is 13.0 Å². The smallest absolute Gasteiger partial charge is 0.123 e. The molecular formula is C13H18FNS. The van der Waals surface area contributed by atoms with Gasteiger partial charge in [-0.2, -0.15) is 11.8 Å². The molecule has 1 heterocycles. The van der Waals surface area contributed by atoms with Crippen LogP contribution in [0, 0.1) is 5.82 Å². The van der Waals surface area contributed by atoms with Gasteiger partial charge in [-0.05, 0) is 49.3 Å².